The Hall–Kier alpha value is -2.29. The van der Waals surface area contributed by atoms with Crippen LogP contribution in [-0.2, 0) is 13.0 Å². The lowest BCUT2D eigenvalue weighted by atomic mass is 9.99. The maximum atomic E-state index is 12.6. The molecule has 0 aromatic heterocycles. The summed E-state index contributed by atoms with van der Waals surface area (Å²) in [7, 11) is 0. The molecule has 0 fully saturated rings. The highest BCUT2D eigenvalue weighted by Gasteiger charge is 2.22. The molecule has 0 atom stereocenters. The number of nitrogens with two attached hydrogens (primary N) is 1. The number of amides is 1. The molecule has 0 spiro atoms. The second kappa shape index (κ2) is 5.00. The first-order valence-electron chi connectivity index (χ1n) is 6.87. The average Bonchev–Trinajstić information content (AvgIpc) is 2.48. The van der Waals surface area contributed by atoms with Crippen LogP contribution in [0.25, 0.3) is 0 Å². The summed E-state index contributed by atoms with van der Waals surface area (Å²) in [6, 6.07) is 13.9. The van der Waals surface area contributed by atoms with Gasteiger partial charge in [-0.25, -0.2) is 0 Å². The minimum Gasteiger partial charge on any atom is -0.398 e. The quantitative estimate of drug-likeness (QED) is 0.807. The monoisotopic (exact) mass is 266 g/mol. The lowest BCUT2D eigenvalue weighted by molar-refractivity contribution is 0.0735. The fourth-order valence-corrected chi connectivity index (χ4v) is 2.69. The molecule has 0 unspecified atom stereocenters. The molecule has 0 saturated heterocycles. The fourth-order valence-electron chi connectivity index (χ4n) is 2.69. The lowest BCUT2D eigenvalue weighted by Gasteiger charge is -2.29. The standard InChI is InChI=1S/C17H18N2O/c1-12-6-7-16(18)15(10-12)17(20)19-9-8-13-4-2-3-5-14(13)11-19/h2-7,10H,8-9,11,18H2,1H3. The van der Waals surface area contributed by atoms with Crippen molar-refractivity contribution in [1.29, 1.82) is 0 Å². The molecular formula is C17H18N2O. The van der Waals surface area contributed by atoms with Crippen molar-refractivity contribution in [3.63, 3.8) is 0 Å². The van der Waals surface area contributed by atoms with Crippen LogP contribution in [0.15, 0.2) is 42.5 Å². The number of hydrogen-bond acceptors (Lipinski definition) is 2. The van der Waals surface area contributed by atoms with Gasteiger partial charge in [0.25, 0.3) is 5.91 Å². The van der Waals surface area contributed by atoms with E-state index in [2.05, 4.69) is 18.2 Å². The van der Waals surface area contributed by atoms with Crippen LogP contribution < -0.4 is 5.73 Å². The zero-order valence-corrected chi connectivity index (χ0v) is 11.6. The van der Waals surface area contributed by atoms with Crippen LogP contribution in [0.4, 0.5) is 5.69 Å². The smallest absolute Gasteiger partial charge is 0.256 e. The van der Waals surface area contributed by atoms with Gasteiger partial charge in [0.05, 0.1) is 5.56 Å². The van der Waals surface area contributed by atoms with E-state index < -0.39 is 0 Å². The number of aryl methyl sites for hydroxylation is 1. The van der Waals surface area contributed by atoms with Gasteiger partial charge in [-0.1, -0.05) is 35.9 Å². The Kier molecular flexibility index (Phi) is 3.18. The highest BCUT2D eigenvalue weighted by atomic mass is 16.2. The second-order valence-electron chi connectivity index (χ2n) is 5.34. The minimum absolute atomic E-state index is 0.0284. The lowest BCUT2D eigenvalue weighted by Crippen LogP contribution is -2.36. The predicted molar refractivity (Wildman–Crippen MR) is 80.5 cm³/mol. The van der Waals surface area contributed by atoms with Crippen LogP contribution in [0.1, 0.15) is 27.0 Å². The molecule has 2 N–H and O–H groups in total. The summed E-state index contributed by atoms with van der Waals surface area (Å²) in [4.78, 5) is 14.5. The number of nitrogens with zero attached hydrogens (tertiary/aromatic N) is 1. The van der Waals surface area contributed by atoms with Crippen LogP contribution in [0, 0.1) is 6.92 Å². The summed E-state index contributed by atoms with van der Waals surface area (Å²) in [5, 5.41) is 0. The van der Waals surface area contributed by atoms with E-state index >= 15 is 0 Å². The molecule has 2 aromatic carbocycles. The van der Waals surface area contributed by atoms with E-state index in [0.29, 0.717) is 17.8 Å². The molecule has 0 radical (unpaired) electrons. The molecule has 1 amide bonds. The van der Waals surface area contributed by atoms with Gasteiger partial charge in [-0.15, -0.1) is 0 Å². The average molecular weight is 266 g/mol. The molecule has 1 aliphatic heterocycles. The molecule has 2 aromatic rings. The van der Waals surface area contributed by atoms with Crippen LogP contribution >= 0.6 is 0 Å². The number of benzene rings is 2. The highest BCUT2D eigenvalue weighted by molar-refractivity contribution is 5.99. The predicted octanol–water partition coefficient (Wildman–Crippen LogP) is 2.78. The molecule has 1 heterocycles. The first-order chi connectivity index (χ1) is 9.65. The van der Waals surface area contributed by atoms with E-state index in [1.54, 1.807) is 6.07 Å². The van der Waals surface area contributed by atoms with Gasteiger partial charge in [-0.05, 0) is 36.6 Å². The van der Waals surface area contributed by atoms with Crippen molar-refractivity contribution in [3.8, 4) is 0 Å². The Morgan fingerprint density at radius 1 is 1.15 bits per heavy atom. The van der Waals surface area contributed by atoms with Crippen LogP contribution in [0.5, 0.6) is 0 Å². The van der Waals surface area contributed by atoms with E-state index in [0.717, 1.165) is 18.5 Å². The van der Waals surface area contributed by atoms with Crippen molar-refractivity contribution in [2.75, 3.05) is 12.3 Å². The van der Waals surface area contributed by atoms with E-state index in [1.165, 1.54) is 11.1 Å². The van der Waals surface area contributed by atoms with E-state index in [-0.39, 0.29) is 5.91 Å². The Morgan fingerprint density at radius 3 is 2.70 bits per heavy atom. The van der Waals surface area contributed by atoms with Gasteiger partial charge in [0, 0.05) is 18.8 Å². The van der Waals surface area contributed by atoms with Gasteiger partial charge < -0.3 is 10.6 Å². The van der Waals surface area contributed by atoms with E-state index in [4.69, 9.17) is 5.73 Å². The summed E-state index contributed by atoms with van der Waals surface area (Å²) >= 11 is 0. The van der Waals surface area contributed by atoms with Gasteiger partial charge in [0.15, 0.2) is 0 Å². The van der Waals surface area contributed by atoms with Crippen molar-refractivity contribution in [1.82, 2.24) is 4.90 Å². The SMILES string of the molecule is Cc1ccc(N)c(C(=O)N2CCc3ccccc3C2)c1. The Morgan fingerprint density at radius 2 is 1.90 bits per heavy atom. The highest BCUT2D eigenvalue weighted by Crippen LogP contribution is 2.22. The summed E-state index contributed by atoms with van der Waals surface area (Å²) in [5.74, 6) is 0.0284. The molecular weight excluding hydrogens is 248 g/mol. The van der Waals surface area contributed by atoms with Crippen LogP contribution in [-0.4, -0.2) is 17.4 Å². The molecule has 0 aliphatic carbocycles. The number of anilines is 1. The first-order valence-corrected chi connectivity index (χ1v) is 6.87. The number of carbonyl (C=O) groups excluding carboxylic acids is 1. The maximum Gasteiger partial charge on any atom is 0.256 e. The number of rotatable bonds is 1. The van der Waals surface area contributed by atoms with Crippen molar-refractivity contribution in [2.45, 2.75) is 19.9 Å². The van der Waals surface area contributed by atoms with Gasteiger partial charge in [0.1, 0.15) is 0 Å². The summed E-state index contributed by atoms with van der Waals surface area (Å²) in [5.41, 5.74) is 10.7. The summed E-state index contributed by atoms with van der Waals surface area (Å²) in [6.45, 7) is 3.40. The topological polar surface area (TPSA) is 46.3 Å². The fraction of sp³-hybridized carbons (Fsp3) is 0.235. The van der Waals surface area contributed by atoms with Crippen LogP contribution in [0.2, 0.25) is 0 Å². The van der Waals surface area contributed by atoms with Gasteiger partial charge >= 0.3 is 0 Å². The third kappa shape index (κ3) is 2.27. The van der Waals surface area contributed by atoms with Crippen molar-refractivity contribution < 1.29 is 4.79 Å². The van der Waals surface area contributed by atoms with E-state index in [1.807, 2.05) is 30.0 Å². The number of carbonyl (C=O) groups is 1. The normalized spacial score (nSPS) is 13.9. The zero-order valence-electron chi connectivity index (χ0n) is 11.6. The molecule has 3 rings (SSSR count). The van der Waals surface area contributed by atoms with Crippen LogP contribution in [0.3, 0.4) is 0 Å². The van der Waals surface area contributed by atoms with Gasteiger partial charge in [-0.3, -0.25) is 4.79 Å². The first kappa shape index (κ1) is 12.7. The molecule has 0 bridgehead atoms. The van der Waals surface area contributed by atoms with Gasteiger partial charge in [-0.2, -0.15) is 0 Å². The molecule has 1 aliphatic rings. The number of nitrogen functional groups attached to an aromatic ring is 1. The van der Waals surface area contributed by atoms with Crippen molar-refractivity contribution in [3.05, 3.63) is 64.7 Å². The molecule has 102 valence electrons. The molecule has 3 nitrogen and oxygen atoms in total. The largest absolute Gasteiger partial charge is 0.398 e. The molecule has 0 saturated carbocycles. The Bertz CT molecular complexity index is 664. The minimum atomic E-state index is 0.0284. The Labute approximate surface area is 119 Å². The van der Waals surface area contributed by atoms with Crippen molar-refractivity contribution in [2.24, 2.45) is 0 Å². The summed E-state index contributed by atoms with van der Waals surface area (Å²) in [6.07, 6.45) is 0.910. The van der Waals surface area contributed by atoms with Gasteiger partial charge in [0.2, 0.25) is 0 Å². The zero-order chi connectivity index (χ0) is 14.1. The molecule has 20 heavy (non-hydrogen) atoms. The Balaban J connectivity index is 1.88. The third-order valence-corrected chi connectivity index (χ3v) is 3.86. The van der Waals surface area contributed by atoms with E-state index in [9.17, 15) is 4.79 Å². The number of hydrogen-bond donors (Lipinski definition) is 1. The number of fused-ring (bicyclic) bond motifs is 1. The van der Waals surface area contributed by atoms with Crippen molar-refractivity contribution >= 4 is 11.6 Å². The third-order valence-electron chi connectivity index (χ3n) is 3.86. The summed E-state index contributed by atoms with van der Waals surface area (Å²) < 4.78 is 0. The molecule has 3 heteroatoms. The maximum absolute atomic E-state index is 12.6. The second-order valence-corrected chi connectivity index (χ2v) is 5.34.